The van der Waals surface area contributed by atoms with Crippen LogP contribution in [-0.4, -0.2) is 77.8 Å². The van der Waals surface area contributed by atoms with Gasteiger partial charge in [-0.15, -0.1) is 0 Å². The monoisotopic (exact) mass is 438 g/mol. The molecule has 5 atom stereocenters. The fraction of sp³-hybridized carbons (Fsp3) is 0.286. The molecule has 1 fully saturated rings. The van der Waals surface area contributed by atoms with Crippen LogP contribution in [0.1, 0.15) is 26.9 Å². The number of fused-ring (bicyclic) bond motifs is 8. The van der Waals surface area contributed by atoms with Crippen LogP contribution < -0.4 is 5.32 Å². The Labute approximate surface area is 178 Å². The molecule has 6 rings (SSSR count). The van der Waals surface area contributed by atoms with E-state index in [1.54, 1.807) is 28.8 Å². The third-order valence-corrected chi connectivity index (χ3v) is 6.33. The number of aliphatic hydroxyl groups excluding tert-OH is 4. The number of rotatable bonds is 2. The van der Waals surface area contributed by atoms with E-state index in [0.717, 1.165) is 0 Å². The Kier molecular flexibility index (Phi) is 3.97. The highest BCUT2D eigenvalue weighted by molar-refractivity contribution is 6.36. The highest BCUT2D eigenvalue weighted by atomic mass is 16.6. The maximum absolute atomic E-state index is 12.8. The van der Waals surface area contributed by atoms with Crippen molar-refractivity contribution in [2.24, 2.45) is 0 Å². The lowest BCUT2D eigenvalue weighted by molar-refractivity contribution is -0.249. The number of aliphatic hydroxyl groups is 4. The van der Waals surface area contributed by atoms with Gasteiger partial charge in [-0.25, -0.2) is 4.98 Å². The third-order valence-electron chi connectivity index (χ3n) is 6.33. The Morgan fingerprint density at radius 3 is 2.56 bits per heavy atom. The van der Waals surface area contributed by atoms with E-state index in [-0.39, 0.29) is 16.6 Å². The molecule has 0 spiro atoms. The number of hydrogen-bond donors (Lipinski definition) is 6. The van der Waals surface area contributed by atoms with Gasteiger partial charge in [0.05, 0.1) is 40.6 Å². The average Bonchev–Trinajstić information content (AvgIpc) is 3.47. The number of H-pyrrole nitrogens is 1. The molecule has 0 bridgehead atoms. The molecular formula is C21H18N4O7. The molecule has 2 aliphatic heterocycles. The number of nitrogens with one attached hydrogen (secondary N) is 2. The second kappa shape index (κ2) is 6.58. The summed E-state index contributed by atoms with van der Waals surface area (Å²) in [5.74, 6) is -1.11. The lowest BCUT2D eigenvalue weighted by Gasteiger charge is -2.41. The molecule has 11 nitrogen and oxygen atoms in total. The first-order chi connectivity index (χ1) is 15.4. The Morgan fingerprint density at radius 1 is 1.03 bits per heavy atom. The molecule has 0 aliphatic carbocycles. The van der Waals surface area contributed by atoms with E-state index in [4.69, 9.17) is 4.74 Å². The molecular weight excluding hydrogens is 420 g/mol. The largest absolute Gasteiger partial charge is 0.394 e. The number of carbonyl (C=O) groups excluding carboxylic acids is 2. The molecule has 4 aromatic rings. The first-order valence-electron chi connectivity index (χ1n) is 10.0. The molecule has 0 radical (unpaired) electrons. The number of carbonyl (C=O) groups is 2. The van der Waals surface area contributed by atoms with E-state index in [1.807, 2.05) is 0 Å². The van der Waals surface area contributed by atoms with Gasteiger partial charge in [0, 0.05) is 10.8 Å². The fourth-order valence-electron chi connectivity index (χ4n) is 4.91. The van der Waals surface area contributed by atoms with Crippen LogP contribution >= 0.6 is 0 Å². The number of amides is 2. The minimum absolute atomic E-state index is 0.162. The number of imide groups is 1. The summed E-state index contributed by atoms with van der Waals surface area (Å²) in [6.45, 7) is -0.579. The number of hydrogen-bond acceptors (Lipinski definition) is 8. The quantitative estimate of drug-likeness (QED) is 0.228. The van der Waals surface area contributed by atoms with E-state index in [1.165, 1.54) is 6.33 Å². The van der Waals surface area contributed by atoms with Gasteiger partial charge in [0.15, 0.2) is 6.23 Å². The maximum Gasteiger partial charge on any atom is 0.261 e. The average molecular weight is 438 g/mol. The molecule has 5 unspecified atom stereocenters. The fourth-order valence-corrected chi connectivity index (χ4v) is 4.91. The number of aromatic amines is 1. The second-order valence-electron chi connectivity index (χ2n) is 7.99. The summed E-state index contributed by atoms with van der Waals surface area (Å²) in [5.41, 5.74) is 2.05. The molecule has 32 heavy (non-hydrogen) atoms. The number of nitrogens with zero attached hydrogens (tertiary/aromatic N) is 2. The number of para-hydroxylation sites is 1. The van der Waals surface area contributed by atoms with Crippen LogP contribution in [0.2, 0.25) is 0 Å². The minimum atomic E-state index is -1.58. The number of aromatic nitrogens is 3. The summed E-state index contributed by atoms with van der Waals surface area (Å²) in [7, 11) is 0. The van der Waals surface area contributed by atoms with Crippen LogP contribution in [0.3, 0.4) is 0 Å². The van der Waals surface area contributed by atoms with Crippen molar-refractivity contribution in [1.82, 2.24) is 19.9 Å². The molecule has 2 aromatic carbocycles. The van der Waals surface area contributed by atoms with Crippen molar-refractivity contribution >= 4 is 44.7 Å². The van der Waals surface area contributed by atoms with Crippen molar-refractivity contribution in [3.05, 3.63) is 41.7 Å². The summed E-state index contributed by atoms with van der Waals surface area (Å²) >= 11 is 0. The molecule has 1 saturated heterocycles. The van der Waals surface area contributed by atoms with Crippen molar-refractivity contribution in [1.29, 1.82) is 0 Å². The van der Waals surface area contributed by atoms with Gasteiger partial charge >= 0.3 is 0 Å². The van der Waals surface area contributed by atoms with Crippen LogP contribution in [0.5, 0.6) is 0 Å². The summed E-state index contributed by atoms with van der Waals surface area (Å²) < 4.78 is 7.44. The molecule has 11 heteroatoms. The Morgan fingerprint density at radius 2 is 1.78 bits per heavy atom. The zero-order valence-corrected chi connectivity index (χ0v) is 16.4. The van der Waals surface area contributed by atoms with E-state index in [0.29, 0.717) is 27.3 Å². The summed E-state index contributed by atoms with van der Waals surface area (Å²) in [4.78, 5) is 32.6. The van der Waals surface area contributed by atoms with Gasteiger partial charge in [0.1, 0.15) is 29.9 Å². The first-order valence-corrected chi connectivity index (χ1v) is 10.0. The zero-order valence-electron chi connectivity index (χ0n) is 16.4. The van der Waals surface area contributed by atoms with Gasteiger partial charge in [0.2, 0.25) is 0 Å². The van der Waals surface area contributed by atoms with Crippen LogP contribution in [-0.2, 0) is 4.74 Å². The van der Waals surface area contributed by atoms with Crippen molar-refractivity contribution in [2.75, 3.05) is 6.61 Å². The Bertz CT molecular complexity index is 1440. The van der Waals surface area contributed by atoms with Gasteiger partial charge in [-0.3, -0.25) is 14.9 Å². The summed E-state index contributed by atoms with van der Waals surface area (Å²) in [6, 6.07) is 7.06. The normalized spacial score (nSPS) is 28.1. The van der Waals surface area contributed by atoms with Crippen molar-refractivity contribution in [3.63, 3.8) is 0 Å². The van der Waals surface area contributed by atoms with Crippen LogP contribution in [0.15, 0.2) is 30.6 Å². The van der Waals surface area contributed by atoms with Crippen LogP contribution in [0, 0.1) is 0 Å². The molecule has 2 aromatic heterocycles. The Balaban J connectivity index is 1.77. The topological polar surface area (TPSA) is 170 Å². The first kappa shape index (κ1) is 19.3. The van der Waals surface area contributed by atoms with Crippen molar-refractivity contribution in [2.45, 2.75) is 30.6 Å². The summed E-state index contributed by atoms with van der Waals surface area (Å²) in [6.07, 6.45) is -5.58. The van der Waals surface area contributed by atoms with E-state index in [2.05, 4.69) is 15.3 Å². The molecule has 164 valence electrons. The van der Waals surface area contributed by atoms with Gasteiger partial charge < -0.3 is 34.7 Å². The van der Waals surface area contributed by atoms with Crippen molar-refractivity contribution < 1.29 is 34.8 Å². The SMILES string of the molecule is O=C1NC(=O)c2c1c1nc[nH]c1c1c2c2ccccc2n1C1OC(CO)C(O)C(O)C1O. The lowest BCUT2D eigenvalue weighted by Crippen LogP contribution is -2.56. The predicted octanol–water partition coefficient (Wildman–Crippen LogP) is -0.473. The molecule has 0 saturated carbocycles. The van der Waals surface area contributed by atoms with E-state index < -0.39 is 49.1 Å². The van der Waals surface area contributed by atoms with E-state index >= 15 is 0 Å². The molecule has 6 N–H and O–H groups in total. The predicted molar refractivity (Wildman–Crippen MR) is 110 cm³/mol. The number of ether oxygens (including phenoxy) is 1. The highest BCUT2D eigenvalue weighted by Crippen LogP contribution is 2.43. The van der Waals surface area contributed by atoms with Gasteiger partial charge in [-0.2, -0.15) is 0 Å². The number of benzene rings is 2. The minimum Gasteiger partial charge on any atom is -0.394 e. The van der Waals surface area contributed by atoms with Gasteiger partial charge in [0.25, 0.3) is 11.8 Å². The smallest absolute Gasteiger partial charge is 0.261 e. The lowest BCUT2D eigenvalue weighted by atomic mass is 9.98. The highest BCUT2D eigenvalue weighted by Gasteiger charge is 2.46. The summed E-state index contributed by atoms with van der Waals surface area (Å²) in [5, 5.41) is 44.5. The maximum atomic E-state index is 12.8. The molecule has 2 aliphatic rings. The van der Waals surface area contributed by atoms with Crippen LogP contribution in [0.4, 0.5) is 0 Å². The van der Waals surface area contributed by atoms with Crippen molar-refractivity contribution in [3.8, 4) is 0 Å². The van der Waals surface area contributed by atoms with Gasteiger partial charge in [-0.1, -0.05) is 18.2 Å². The third kappa shape index (κ3) is 2.28. The Hall–Kier alpha value is -3.35. The van der Waals surface area contributed by atoms with Crippen LogP contribution in [0.25, 0.3) is 32.8 Å². The van der Waals surface area contributed by atoms with Gasteiger partial charge in [-0.05, 0) is 6.07 Å². The van der Waals surface area contributed by atoms with E-state index in [9.17, 15) is 30.0 Å². The number of imidazole rings is 1. The zero-order chi connectivity index (χ0) is 22.3. The second-order valence-corrected chi connectivity index (χ2v) is 7.99. The molecule has 4 heterocycles. The standard InChI is InChI=1S/C21H18N4O7/c26-5-9-16(27)17(28)18(29)21(32-9)25-8-4-2-1-3-7(8)10-11-12(20(31)24-19(11)30)13-14(15(10)25)23-6-22-13/h1-4,6,9,16-18,21,26-29H,5H2,(H,22,23)(H,24,30,31). The molecule has 2 amide bonds.